The first-order valence-corrected chi connectivity index (χ1v) is 5.59. The average molecular weight is 197 g/mol. The van der Waals surface area contributed by atoms with Gasteiger partial charge in [0.05, 0.1) is 5.60 Å². The Labute approximate surface area is 82.7 Å². The molecule has 1 atom stereocenters. The van der Waals surface area contributed by atoms with Crippen LogP contribution in [0.25, 0.3) is 0 Å². The summed E-state index contributed by atoms with van der Waals surface area (Å²) >= 11 is 1.79. The van der Waals surface area contributed by atoms with Crippen LogP contribution < -0.4 is 5.73 Å². The molecule has 0 aromatic carbocycles. The smallest absolute Gasteiger partial charge is 0.0852 e. The second-order valence-corrected chi connectivity index (χ2v) is 4.63. The fourth-order valence-electron chi connectivity index (χ4n) is 1.86. The first-order chi connectivity index (χ1) is 6.35. The normalized spacial score (nSPS) is 28.1. The van der Waals surface area contributed by atoms with E-state index in [4.69, 9.17) is 10.5 Å². The Bertz CT molecular complexity index is 252. The molecule has 1 aliphatic rings. The molecular weight excluding hydrogens is 182 g/mol. The van der Waals surface area contributed by atoms with Gasteiger partial charge in [0.25, 0.3) is 0 Å². The lowest BCUT2D eigenvalue weighted by atomic mass is 9.95. The predicted octanol–water partition coefficient (Wildman–Crippen LogP) is 1.80. The lowest BCUT2D eigenvalue weighted by molar-refractivity contribution is 0.0128. The van der Waals surface area contributed by atoms with E-state index in [2.05, 4.69) is 17.5 Å². The van der Waals surface area contributed by atoms with E-state index < -0.39 is 0 Å². The first-order valence-electron chi connectivity index (χ1n) is 4.71. The lowest BCUT2D eigenvalue weighted by Crippen LogP contribution is -2.39. The highest BCUT2D eigenvalue weighted by atomic mass is 32.1. The number of thiophene rings is 1. The Morgan fingerprint density at radius 1 is 1.62 bits per heavy atom. The maximum absolute atomic E-state index is 5.77. The molecule has 1 fully saturated rings. The third kappa shape index (κ3) is 1.93. The highest BCUT2D eigenvalue weighted by Crippen LogP contribution is 2.29. The average Bonchev–Trinajstić information content (AvgIpc) is 2.77. The van der Waals surface area contributed by atoms with E-state index in [1.54, 1.807) is 11.3 Å². The van der Waals surface area contributed by atoms with Crippen LogP contribution in [0.5, 0.6) is 0 Å². The molecule has 3 heteroatoms. The minimum atomic E-state index is -0.0507. The second kappa shape index (κ2) is 3.78. The summed E-state index contributed by atoms with van der Waals surface area (Å²) in [4.78, 5) is 1.38. The van der Waals surface area contributed by atoms with Crippen molar-refractivity contribution in [3.05, 3.63) is 22.4 Å². The van der Waals surface area contributed by atoms with Crippen LogP contribution in [-0.2, 0) is 11.2 Å². The maximum Gasteiger partial charge on any atom is 0.0852 e. The van der Waals surface area contributed by atoms with Crippen molar-refractivity contribution in [2.75, 3.05) is 13.2 Å². The highest BCUT2D eigenvalue weighted by Gasteiger charge is 2.33. The Hall–Kier alpha value is -0.380. The summed E-state index contributed by atoms with van der Waals surface area (Å²) in [6.45, 7) is 1.52. The molecule has 1 aliphatic heterocycles. The lowest BCUT2D eigenvalue weighted by Gasteiger charge is -2.25. The van der Waals surface area contributed by atoms with E-state index >= 15 is 0 Å². The molecule has 72 valence electrons. The van der Waals surface area contributed by atoms with E-state index in [-0.39, 0.29) is 5.60 Å². The third-order valence-electron chi connectivity index (χ3n) is 2.63. The van der Waals surface area contributed by atoms with Gasteiger partial charge in [-0.15, -0.1) is 11.3 Å². The van der Waals surface area contributed by atoms with Gasteiger partial charge in [0.15, 0.2) is 0 Å². The molecule has 2 nitrogen and oxygen atoms in total. The fraction of sp³-hybridized carbons (Fsp3) is 0.600. The van der Waals surface area contributed by atoms with E-state index in [0.29, 0.717) is 6.54 Å². The molecule has 2 N–H and O–H groups in total. The van der Waals surface area contributed by atoms with Crippen molar-refractivity contribution >= 4 is 11.3 Å². The Morgan fingerprint density at radius 3 is 3.08 bits per heavy atom. The molecule has 0 amide bonds. The van der Waals surface area contributed by atoms with Crippen molar-refractivity contribution in [3.63, 3.8) is 0 Å². The molecule has 0 bridgehead atoms. The van der Waals surface area contributed by atoms with Gasteiger partial charge < -0.3 is 10.5 Å². The largest absolute Gasteiger partial charge is 0.373 e. The topological polar surface area (TPSA) is 35.2 Å². The number of hydrogen-bond acceptors (Lipinski definition) is 3. The summed E-state index contributed by atoms with van der Waals surface area (Å²) < 4.78 is 5.74. The van der Waals surface area contributed by atoms with Gasteiger partial charge in [0.2, 0.25) is 0 Å². The summed E-state index contributed by atoms with van der Waals surface area (Å²) in [7, 11) is 0. The van der Waals surface area contributed by atoms with Crippen LogP contribution in [0.1, 0.15) is 17.7 Å². The quantitative estimate of drug-likeness (QED) is 0.802. The molecule has 13 heavy (non-hydrogen) atoms. The monoisotopic (exact) mass is 197 g/mol. The highest BCUT2D eigenvalue weighted by molar-refractivity contribution is 7.09. The summed E-state index contributed by atoms with van der Waals surface area (Å²) in [5.74, 6) is 0. The molecule has 0 radical (unpaired) electrons. The van der Waals surface area contributed by atoms with Gasteiger partial charge in [-0.05, 0) is 24.3 Å². The zero-order chi connectivity index (χ0) is 9.15. The molecule has 1 aromatic rings. The molecule has 1 aromatic heterocycles. The van der Waals surface area contributed by atoms with Crippen LogP contribution in [0.2, 0.25) is 0 Å². The summed E-state index contributed by atoms with van der Waals surface area (Å²) in [6.07, 6.45) is 3.26. The molecule has 0 spiro atoms. The third-order valence-corrected chi connectivity index (χ3v) is 3.51. The summed E-state index contributed by atoms with van der Waals surface area (Å²) in [6, 6.07) is 4.24. The SMILES string of the molecule is NCC1(Cc2cccs2)CCCO1. The minimum Gasteiger partial charge on any atom is -0.373 e. The van der Waals surface area contributed by atoms with Crippen LogP contribution in [0.15, 0.2) is 17.5 Å². The molecule has 2 rings (SSSR count). The van der Waals surface area contributed by atoms with Gasteiger partial charge >= 0.3 is 0 Å². The Morgan fingerprint density at radius 2 is 2.54 bits per heavy atom. The zero-order valence-corrected chi connectivity index (χ0v) is 8.48. The van der Waals surface area contributed by atoms with Gasteiger partial charge in [-0.2, -0.15) is 0 Å². The van der Waals surface area contributed by atoms with E-state index in [9.17, 15) is 0 Å². The van der Waals surface area contributed by atoms with Gasteiger partial charge in [-0.25, -0.2) is 0 Å². The molecular formula is C10H15NOS. The molecule has 0 saturated carbocycles. The molecule has 1 unspecified atom stereocenters. The van der Waals surface area contributed by atoms with E-state index in [0.717, 1.165) is 25.9 Å². The van der Waals surface area contributed by atoms with Crippen LogP contribution in [0.3, 0.4) is 0 Å². The maximum atomic E-state index is 5.77. The van der Waals surface area contributed by atoms with Crippen molar-refractivity contribution in [1.29, 1.82) is 0 Å². The first kappa shape index (κ1) is 9.19. The minimum absolute atomic E-state index is 0.0507. The number of hydrogen-bond donors (Lipinski definition) is 1. The molecule has 1 saturated heterocycles. The molecule has 2 heterocycles. The van der Waals surface area contributed by atoms with Crippen molar-refractivity contribution in [2.24, 2.45) is 5.73 Å². The van der Waals surface area contributed by atoms with Crippen molar-refractivity contribution in [2.45, 2.75) is 24.9 Å². The van der Waals surface area contributed by atoms with Gasteiger partial charge in [-0.3, -0.25) is 0 Å². The molecule has 0 aliphatic carbocycles. The van der Waals surface area contributed by atoms with Crippen LogP contribution in [0.4, 0.5) is 0 Å². The van der Waals surface area contributed by atoms with Crippen LogP contribution in [-0.4, -0.2) is 18.8 Å². The predicted molar refractivity (Wildman–Crippen MR) is 55.0 cm³/mol. The van der Waals surface area contributed by atoms with Crippen LogP contribution >= 0.6 is 11.3 Å². The number of ether oxygens (including phenoxy) is 1. The van der Waals surface area contributed by atoms with Gasteiger partial charge in [0.1, 0.15) is 0 Å². The number of nitrogens with two attached hydrogens (primary N) is 1. The van der Waals surface area contributed by atoms with Gasteiger partial charge in [-0.1, -0.05) is 6.07 Å². The summed E-state index contributed by atoms with van der Waals surface area (Å²) in [5.41, 5.74) is 5.71. The van der Waals surface area contributed by atoms with Crippen molar-refractivity contribution in [1.82, 2.24) is 0 Å². The second-order valence-electron chi connectivity index (χ2n) is 3.60. The fourth-order valence-corrected chi connectivity index (χ4v) is 2.69. The Kier molecular flexibility index (Phi) is 2.67. The summed E-state index contributed by atoms with van der Waals surface area (Å²) in [5, 5.41) is 2.11. The zero-order valence-electron chi connectivity index (χ0n) is 7.66. The number of rotatable bonds is 3. The van der Waals surface area contributed by atoms with Gasteiger partial charge in [0, 0.05) is 24.4 Å². The standard InChI is InChI=1S/C10H15NOS/c11-8-10(4-2-5-12-10)7-9-3-1-6-13-9/h1,3,6H,2,4-5,7-8,11H2. The van der Waals surface area contributed by atoms with Crippen molar-refractivity contribution in [3.8, 4) is 0 Å². The van der Waals surface area contributed by atoms with Crippen LogP contribution in [0, 0.1) is 0 Å². The van der Waals surface area contributed by atoms with E-state index in [1.807, 2.05) is 0 Å². The van der Waals surface area contributed by atoms with E-state index in [1.165, 1.54) is 4.88 Å². The Balaban J connectivity index is 2.06. The van der Waals surface area contributed by atoms with Crippen molar-refractivity contribution < 1.29 is 4.74 Å².